The van der Waals surface area contributed by atoms with E-state index in [0.717, 1.165) is 16.7 Å². The van der Waals surface area contributed by atoms with Crippen molar-refractivity contribution in [3.05, 3.63) is 34.9 Å². The number of rotatable bonds is 2. The van der Waals surface area contributed by atoms with Crippen LogP contribution in [0.25, 0.3) is 0 Å². The first kappa shape index (κ1) is 15.0. The van der Waals surface area contributed by atoms with E-state index in [2.05, 4.69) is 0 Å². The number of carbonyl (C=O) groups excluding carboxylic acids is 1. The maximum atomic E-state index is 12.7. The number of ether oxygens (including phenoxy) is 1. The first-order valence-corrected chi connectivity index (χ1v) is 6.97. The van der Waals surface area contributed by atoms with Crippen LogP contribution in [-0.2, 0) is 4.74 Å². The van der Waals surface area contributed by atoms with Gasteiger partial charge in [0, 0.05) is 18.7 Å². The van der Waals surface area contributed by atoms with E-state index < -0.39 is 5.60 Å². The average Bonchev–Trinajstić information content (AvgIpc) is 2.36. The second-order valence-electron chi connectivity index (χ2n) is 6.19. The number of morpholine rings is 1. The van der Waals surface area contributed by atoms with Crippen LogP contribution in [0.4, 0.5) is 0 Å². The van der Waals surface area contributed by atoms with Crippen LogP contribution in [0.1, 0.15) is 35.3 Å². The number of aryl methyl sites for hydroxylation is 2. The number of benzene rings is 1. The normalized spacial score (nSPS) is 21.9. The Hall–Kier alpha value is -1.39. The van der Waals surface area contributed by atoms with Gasteiger partial charge in [-0.05, 0) is 39.3 Å². The van der Waals surface area contributed by atoms with Gasteiger partial charge in [-0.25, -0.2) is 0 Å². The predicted molar refractivity (Wildman–Crippen MR) is 77.9 cm³/mol. The van der Waals surface area contributed by atoms with Crippen molar-refractivity contribution in [1.29, 1.82) is 0 Å². The number of carbonyl (C=O) groups is 1. The Morgan fingerprint density at radius 2 is 2.15 bits per heavy atom. The summed E-state index contributed by atoms with van der Waals surface area (Å²) in [5, 5.41) is 9.32. The lowest BCUT2D eigenvalue weighted by Crippen LogP contribution is -2.55. The maximum Gasteiger partial charge on any atom is 0.254 e. The van der Waals surface area contributed by atoms with Crippen LogP contribution in [-0.4, -0.2) is 47.3 Å². The molecule has 1 aromatic rings. The third-order valence-electron chi connectivity index (χ3n) is 3.58. The van der Waals surface area contributed by atoms with E-state index in [4.69, 9.17) is 4.74 Å². The minimum Gasteiger partial charge on any atom is -0.394 e. The molecule has 0 bridgehead atoms. The summed E-state index contributed by atoms with van der Waals surface area (Å²) in [7, 11) is 0. The zero-order chi connectivity index (χ0) is 14.9. The number of nitrogens with zero attached hydrogens (tertiary/aromatic N) is 1. The predicted octanol–water partition coefficient (Wildman–Crippen LogP) is 1.92. The van der Waals surface area contributed by atoms with E-state index in [9.17, 15) is 9.90 Å². The standard InChI is InChI=1S/C16H23NO3/c1-11-5-6-14(12(2)7-11)15(19)17-8-13(9-18)20-16(3,4)10-17/h5-7,13,18H,8-10H2,1-4H3. The van der Waals surface area contributed by atoms with Crippen molar-refractivity contribution in [3.8, 4) is 0 Å². The Kier molecular flexibility index (Phi) is 4.16. The van der Waals surface area contributed by atoms with Crippen LogP contribution in [0.15, 0.2) is 18.2 Å². The first-order valence-electron chi connectivity index (χ1n) is 6.97. The zero-order valence-electron chi connectivity index (χ0n) is 12.6. The lowest BCUT2D eigenvalue weighted by molar-refractivity contribution is -0.139. The van der Waals surface area contributed by atoms with Gasteiger partial charge in [-0.2, -0.15) is 0 Å². The first-order chi connectivity index (χ1) is 9.32. The maximum absolute atomic E-state index is 12.7. The van der Waals surface area contributed by atoms with E-state index in [1.54, 1.807) is 4.90 Å². The monoisotopic (exact) mass is 277 g/mol. The summed E-state index contributed by atoms with van der Waals surface area (Å²) in [4.78, 5) is 14.4. The summed E-state index contributed by atoms with van der Waals surface area (Å²) in [5.74, 6) is 0.0114. The van der Waals surface area contributed by atoms with Gasteiger partial charge < -0.3 is 14.7 Å². The Bertz CT molecular complexity index is 510. The Morgan fingerprint density at radius 1 is 1.45 bits per heavy atom. The van der Waals surface area contributed by atoms with Crippen molar-refractivity contribution in [1.82, 2.24) is 4.90 Å². The summed E-state index contributed by atoms with van der Waals surface area (Å²) in [5.41, 5.74) is 2.43. The fraction of sp³-hybridized carbons (Fsp3) is 0.562. The van der Waals surface area contributed by atoms with E-state index in [1.807, 2.05) is 45.9 Å². The molecule has 1 amide bonds. The number of amides is 1. The second-order valence-corrected chi connectivity index (χ2v) is 6.19. The average molecular weight is 277 g/mol. The molecule has 4 heteroatoms. The summed E-state index contributed by atoms with van der Waals surface area (Å²) < 4.78 is 5.74. The largest absolute Gasteiger partial charge is 0.394 e. The number of aliphatic hydroxyl groups is 1. The molecule has 20 heavy (non-hydrogen) atoms. The molecular formula is C16H23NO3. The Labute approximate surface area is 120 Å². The molecule has 0 aromatic heterocycles. The van der Waals surface area contributed by atoms with E-state index in [1.165, 1.54) is 0 Å². The molecule has 4 nitrogen and oxygen atoms in total. The van der Waals surface area contributed by atoms with Crippen LogP contribution in [0.5, 0.6) is 0 Å². The molecule has 1 unspecified atom stereocenters. The molecule has 110 valence electrons. The summed E-state index contributed by atoms with van der Waals surface area (Å²) in [6.07, 6.45) is -0.312. The molecule has 2 rings (SSSR count). The highest BCUT2D eigenvalue weighted by atomic mass is 16.5. The van der Waals surface area contributed by atoms with Crippen molar-refractivity contribution in [2.45, 2.75) is 39.4 Å². The highest BCUT2D eigenvalue weighted by molar-refractivity contribution is 5.95. The molecule has 1 heterocycles. The van der Waals surface area contributed by atoms with Crippen molar-refractivity contribution < 1.29 is 14.6 Å². The van der Waals surface area contributed by atoms with Crippen LogP contribution in [0.2, 0.25) is 0 Å². The highest BCUT2D eigenvalue weighted by Gasteiger charge is 2.35. The fourth-order valence-electron chi connectivity index (χ4n) is 2.77. The second kappa shape index (κ2) is 5.54. The van der Waals surface area contributed by atoms with Crippen molar-refractivity contribution in [2.75, 3.05) is 19.7 Å². The van der Waals surface area contributed by atoms with Gasteiger partial charge in [-0.3, -0.25) is 4.79 Å². The molecule has 0 spiro atoms. The van der Waals surface area contributed by atoms with Gasteiger partial charge in [0.05, 0.1) is 18.3 Å². The van der Waals surface area contributed by atoms with Crippen LogP contribution >= 0.6 is 0 Å². The number of hydrogen-bond donors (Lipinski definition) is 1. The fourth-order valence-corrected chi connectivity index (χ4v) is 2.77. The third-order valence-corrected chi connectivity index (χ3v) is 3.58. The lowest BCUT2D eigenvalue weighted by Gasteiger charge is -2.42. The molecule has 0 radical (unpaired) electrons. The van der Waals surface area contributed by atoms with Crippen molar-refractivity contribution in [2.24, 2.45) is 0 Å². The smallest absolute Gasteiger partial charge is 0.254 e. The minimum absolute atomic E-state index is 0.0114. The lowest BCUT2D eigenvalue weighted by atomic mass is 10.0. The van der Waals surface area contributed by atoms with Gasteiger partial charge in [0.1, 0.15) is 0 Å². The summed E-state index contributed by atoms with van der Waals surface area (Å²) in [6, 6.07) is 5.85. The highest BCUT2D eigenvalue weighted by Crippen LogP contribution is 2.23. The van der Waals surface area contributed by atoms with Crippen LogP contribution in [0.3, 0.4) is 0 Å². The molecule has 1 aliphatic heterocycles. The molecule has 1 N–H and O–H groups in total. The third kappa shape index (κ3) is 3.19. The molecule has 1 aliphatic rings. The van der Waals surface area contributed by atoms with Crippen molar-refractivity contribution in [3.63, 3.8) is 0 Å². The van der Waals surface area contributed by atoms with Gasteiger partial charge in [-0.1, -0.05) is 17.7 Å². The molecule has 1 saturated heterocycles. The topological polar surface area (TPSA) is 49.8 Å². The quantitative estimate of drug-likeness (QED) is 0.898. The van der Waals surface area contributed by atoms with Crippen molar-refractivity contribution >= 4 is 5.91 Å². The van der Waals surface area contributed by atoms with Gasteiger partial charge in [-0.15, -0.1) is 0 Å². The molecular weight excluding hydrogens is 254 g/mol. The Balaban J connectivity index is 2.23. The van der Waals surface area contributed by atoms with Gasteiger partial charge in [0.25, 0.3) is 5.91 Å². The number of aliphatic hydroxyl groups excluding tert-OH is 1. The molecule has 1 fully saturated rings. The zero-order valence-corrected chi connectivity index (χ0v) is 12.6. The van der Waals surface area contributed by atoms with E-state index in [-0.39, 0.29) is 18.6 Å². The van der Waals surface area contributed by atoms with E-state index >= 15 is 0 Å². The van der Waals surface area contributed by atoms with Gasteiger partial charge in [0.2, 0.25) is 0 Å². The Morgan fingerprint density at radius 3 is 2.75 bits per heavy atom. The van der Waals surface area contributed by atoms with Gasteiger partial charge in [0.15, 0.2) is 0 Å². The van der Waals surface area contributed by atoms with Crippen LogP contribution in [0, 0.1) is 13.8 Å². The molecule has 1 aromatic carbocycles. The van der Waals surface area contributed by atoms with Gasteiger partial charge >= 0.3 is 0 Å². The summed E-state index contributed by atoms with van der Waals surface area (Å²) >= 11 is 0. The SMILES string of the molecule is Cc1ccc(C(=O)N2CC(CO)OC(C)(C)C2)c(C)c1. The summed E-state index contributed by atoms with van der Waals surface area (Å²) in [6.45, 7) is 8.76. The molecule has 1 atom stereocenters. The molecule has 0 aliphatic carbocycles. The van der Waals surface area contributed by atoms with Crippen LogP contribution < -0.4 is 0 Å². The van der Waals surface area contributed by atoms with E-state index in [0.29, 0.717) is 13.1 Å². The number of hydrogen-bond acceptors (Lipinski definition) is 3. The molecule has 0 saturated carbocycles. The minimum atomic E-state index is -0.431.